The average molecular weight is 327 g/mol. The second-order valence-corrected chi connectivity index (χ2v) is 4.51. The van der Waals surface area contributed by atoms with Crippen molar-refractivity contribution in [1.82, 2.24) is 9.97 Å². The van der Waals surface area contributed by atoms with Gasteiger partial charge in [0.25, 0.3) is 0 Å². The first-order valence-electron chi connectivity index (χ1n) is 6.41. The first-order chi connectivity index (χ1) is 10.8. The maximum atomic E-state index is 12.4. The number of nitrogens with zero attached hydrogens (tertiary/aromatic N) is 2. The van der Waals surface area contributed by atoms with E-state index in [1.54, 1.807) is 12.1 Å². The number of hydrogen-bond donors (Lipinski definition) is 2. The first-order valence-corrected chi connectivity index (χ1v) is 6.41. The third kappa shape index (κ3) is 5.13. The standard InChI is InChI=1S/C14H12F3N3O3/c15-14(16,17)11-3-1-9(5-18-11)6-19-12-4-2-10(7-20-12)8-23-13(21)22/h1-5,7H,6,8H2,(H,19,20)(H,21,22). The molecule has 0 amide bonds. The molecule has 0 aliphatic rings. The molecule has 0 saturated heterocycles. The zero-order chi connectivity index (χ0) is 16.9. The van der Waals surface area contributed by atoms with Crippen molar-refractivity contribution in [2.45, 2.75) is 19.3 Å². The summed E-state index contributed by atoms with van der Waals surface area (Å²) < 4.78 is 41.5. The Balaban J connectivity index is 1.89. The number of pyridine rings is 2. The lowest BCUT2D eigenvalue weighted by atomic mass is 10.2. The van der Waals surface area contributed by atoms with Crippen molar-refractivity contribution in [2.24, 2.45) is 0 Å². The van der Waals surface area contributed by atoms with Gasteiger partial charge in [0.15, 0.2) is 0 Å². The van der Waals surface area contributed by atoms with Crippen LogP contribution in [0, 0.1) is 0 Å². The monoisotopic (exact) mass is 327 g/mol. The second-order valence-electron chi connectivity index (χ2n) is 4.51. The Morgan fingerprint density at radius 3 is 2.35 bits per heavy atom. The van der Waals surface area contributed by atoms with E-state index < -0.39 is 18.0 Å². The number of aromatic nitrogens is 2. The summed E-state index contributed by atoms with van der Waals surface area (Å²) in [7, 11) is 0. The molecule has 0 aliphatic carbocycles. The van der Waals surface area contributed by atoms with Gasteiger partial charge in [-0.1, -0.05) is 12.1 Å². The van der Waals surface area contributed by atoms with Crippen molar-refractivity contribution in [3.05, 3.63) is 53.5 Å². The van der Waals surface area contributed by atoms with Gasteiger partial charge in [0.05, 0.1) is 0 Å². The van der Waals surface area contributed by atoms with Crippen molar-refractivity contribution in [3.63, 3.8) is 0 Å². The highest BCUT2D eigenvalue weighted by Crippen LogP contribution is 2.27. The van der Waals surface area contributed by atoms with Crippen molar-refractivity contribution in [2.75, 3.05) is 5.32 Å². The maximum Gasteiger partial charge on any atom is 0.506 e. The lowest BCUT2D eigenvalue weighted by Crippen LogP contribution is -2.09. The second kappa shape index (κ2) is 6.95. The highest BCUT2D eigenvalue weighted by Gasteiger charge is 2.31. The Kier molecular flexibility index (Phi) is 4.99. The molecule has 2 aromatic rings. The van der Waals surface area contributed by atoms with Crippen LogP contribution in [0.15, 0.2) is 36.7 Å². The van der Waals surface area contributed by atoms with Crippen LogP contribution in [0.4, 0.5) is 23.8 Å². The fourth-order valence-electron chi connectivity index (χ4n) is 1.65. The number of ether oxygens (including phenoxy) is 1. The number of rotatable bonds is 5. The highest BCUT2D eigenvalue weighted by molar-refractivity contribution is 5.56. The van der Waals surface area contributed by atoms with E-state index in [0.29, 0.717) is 16.9 Å². The molecule has 0 aromatic carbocycles. The molecular weight excluding hydrogens is 315 g/mol. The van der Waals surface area contributed by atoms with Gasteiger partial charge in [-0.2, -0.15) is 13.2 Å². The van der Waals surface area contributed by atoms with E-state index >= 15 is 0 Å². The zero-order valence-corrected chi connectivity index (χ0v) is 11.7. The van der Waals surface area contributed by atoms with Gasteiger partial charge < -0.3 is 15.2 Å². The maximum absolute atomic E-state index is 12.4. The predicted octanol–water partition coefficient (Wildman–Crippen LogP) is 3.30. The Morgan fingerprint density at radius 1 is 1.13 bits per heavy atom. The van der Waals surface area contributed by atoms with Crippen LogP contribution >= 0.6 is 0 Å². The van der Waals surface area contributed by atoms with E-state index in [-0.39, 0.29) is 13.2 Å². The van der Waals surface area contributed by atoms with Gasteiger partial charge in [-0.15, -0.1) is 0 Å². The fraction of sp³-hybridized carbons (Fsp3) is 0.214. The minimum atomic E-state index is -4.46. The van der Waals surface area contributed by atoms with Crippen LogP contribution in [0.5, 0.6) is 0 Å². The molecule has 2 N–H and O–H groups in total. The van der Waals surface area contributed by atoms with Gasteiger partial charge in [-0.05, 0) is 17.7 Å². The summed E-state index contributed by atoms with van der Waals surface area (Å²) in [5, 5.41) is 11.3. The normalized spacial score (nSPS) is 11.1. The number of carboxylic acid groups (broad SMARTS) is 1. The molecule has 2 aromatic heterocycles. The van der Waals surface area contributed by atoms with Gasteiger partial charge in [-0.3, -0.25) is 4.98 Å². The summed E-state index contributed by atoms with van der Waals surface area (Å²) in [5.41, 5.74) is 0.203. The van der Waals surface area contributed by atoms with Crippen molar-refractivity contribution >= 4 is 12.0 Å². The van der Waals surface area contributed by atoms with Crippen LogP contribution in [0.2, 0.25) is 0 Å². The quantitative estimate of drug-likeness (QED) is 0.820. The molecule has 2 heterocycles. The molecule has 0 bridgehead atoms. The number of carbonyl (C=O) groups is 1. The van der Waals surface area contributed by atoms with Gasteiger partial charge in [-0.25, -0.2) is 9.78 Å². The summed E-state index contributed by atoms with van der Waals surface area (Å²) in [6.07, 6.45) is -3.25. The zero-order valence-electron chi connectivity index (χ0n) is 11.7. The molecule has 0 saturated carbocycles. The van der Waals surface area contributed by atoms with Crippen LogP contribution < -0.4 is 5.32 Å². The topological polar surface area (TPSA) is 84.3 Å². The Labute approximate surface area is 129 Å². The molecule has 2 rings (SSSR count). The molecular formula is C14H12F3N3O3. The molecule has 0 aliphatic heterocycles. The molecule has 6 nitrogen and oxygen atoms in total. The van der Waals surface area contributed by atoms with E-state index in [2.05, 4.69) is 20.0 Å². The van der Waals surface area contributed by atoms with Crippen LogP contribution in [-0.2, 0) is 24.1 Å². The molecule has 9 heteroatoms. The number of alkyl halides is 3. The molecule has 122 valence electrons. The van der Waals surface area contributed by atoms with Gasteiger partial charge in [0.1, 0.15) is 18.1 Å². The summed E-state index contributed by atoms with van der Waals surface area (Å²) in [6, 6.07) is 5.48. The third-order valence-corrected chi connectivity index (χ3v) is 2.78. The SMILES string of the molecule is O=C(O)OCc1ccc(NCc2ccc(C(F)(F)F)nc2)nc1. The van der Waals surface area contributed by atoms with E-state index in [1.165, 1.54) is 12.3 Å². The Morgan fingerprint density at radius 2 is 1.83 bits per heavy atom. The van der Waals surface area contributed by atoms with E-state index in [9.17, 15) is 18.0 Å². The van der Waals surface area contributed by atoms with E-state index in [0.717, 1.165) is 12.3 Å². The smallest absolute Gasteiger partial charge is 0.450 e. The number of nitrogens with one attached hydrogen (secondary N) is 1. The molecule has 0 radical (unpaired) electrons. The summed E-state index contributed by atoms with van der Waals surface area (Å²) in [5.74, 6) is 0.490. The highest BCUT2D eigenvalue weighted by atomic mass is 19.4. The molecule has 0 fully saturated rings. The lowest BCUT2D eigenvalue weighted by molar-refractivity contribution is -0.141. The fourth-order valence-corrected chi connectivity index (χ4v) is 1.65. The van der Waals surface area contributed by atoms with E-state index in [4.69, 9.17) is 5.11 Å². The van der Waals surface area contributed by atoms with E-state index in [1.807, 2.05) is 0 Å². The van der Waals surface area contributed by atoms with Gasteiger partial charge in [0.2, 0.25) is 0 Å². The van der Waals surface area contributed by atoms with Crippen LogP contribution in [-0.4, -0.2) is 21.2 Å². The first kappa shape index (κ1) is 16.5. The Hall–Kier alpha value is -2.84. The molecule has 23 heavy (non-hydrogen) atoms. The van der Waals surface area contributed by atoms with Gasteiger partial charge >= 0.3 is 12.3 Å². The Bertz CT molecular complexity index is 658. The van der Waals surface area contributed by atoms with Crippen molar-refractivity contribution in [1.29, 1.82) is 0 Å². The summed E-state index contributed by atoms with van der Waals surface area (Å²) in [4.78, 5) is 17.7. The minimum absolute atomic E-state index is 0.106. The average Bonchev–Trinajstić information content (AvgIpc) is 2.51. The summed E-state index contributed by atoms with van der Waals surface area (Å²) in [6.45, 7) is 0.147. The van der Waals surface area contributed by atoms with Gasteiger partial charge in [0, 0.05) is 24.5 Å². The summed E-state index contributed by atoms with van der Waals surface area (Å²) >= 11 is 0. The van der Waals surface area contributed by atoms with Crippen LogP contribution in [0.25, 0.3) is 0 Å². The van der Waals surface area contributed by atoms with Crippen LogP contribution in [0.3, 0.4) is 0 Å². The number of halogens is 3. The largest absolute Gasteiger partial charge is 0.506 e. The van der Waals surface area contributed by atoms with Crippen molar-refractivity contribution in [3.8, 4) is 0 Å². The van der Waals surface area contributed by atoms with Crippen molar-refractivity contribution < 1.29 is 27.8 Å². The molecule has 0 unspecified atom stereocenters. The number of anilines is 1. The predicted molar refractivity (Wildman–Crippen MR) is 73.6 cm³/mol. The third-order valence-electron chi connectivity index (χ3n) is 2.78. The van der Waals surface area contributed by atoms with Crippen LogP contribution in [0.1, 0.15) is 16.8 Å². The number of hydrogen-bond acceptors (Lipinski definition) is 5. The molecule has 0 spiro atoms. The minimum Gasteiger partial charge on any atom is -0.450 e. The lowest BCUT2D eigenvalue weighted by Gasteiger charge is -2.08. The molecule has 0 atom stereocenters.